The van der Waals surface area contributed by atoms with Gasteiger partial charge in [0, 0.05) is 5.41 Å². The predicted octanol–water partition coefficient (Wildman–Crippen LogP) is 5.83. The molecule has 0 saturated carbocycles. The Hall–Kier alpha value is -1.79. The Morgan fingerprint density at radius 1 is 1.13 bits per heavy atom. The van der Waals surface area contributed by atoms with Gasteiger partial charge in [-0.05, 0) is 30.1 Å². The van der Waals surface area contributed by atoms with Crippen molar-refractivity contribution in [2.45, 2.75) is 66.4 Å². The quantitative estimate of drug-likeness (QED) is 0.423. The van der Waals surface area contributed by atoms with Gasteiger partial charge in [-0.1, -0.05) is 70.9 Å². The minimum Gasteiger partial charge on any atom is -0.461 e. The Morgan fingerprint density at radius 3 is 2.30 bits per heavy atom. The summed E-state index contributed by atoms with van der Waals surface area (Å²) in [6.45, 7) is 8.82. The maximum Gasteiger partial charge on any atom is 0.307 e. The molecular weight excluding hydrogens is 284 g/mol. The second-order valence-electron chi connectivity index (χ2n) is 6.70. The lowest BCUT2D eigenvalue weighted by atomic mass is 9.89. The highest BCUT2D eigenvalue weighted by Crippen LogP contribution is 2.23. The van der Waals surface area contributed by atoms with Crippen LogP contribution >= 0.6 is 0 Å². The van der Waals surface area contributed by atoms with Crippen LogP contribution in [0, 0.1) is 5.41 Å². The molecule has 0 radical (unpaired) electrons. The second-order valence-corrected chi connectivity index (χ2v) is 6.70. The van der Waals surface area contributed by atoms with Crippen LogP contribution in [0.2, 0.25) is 0 Å². The molecule has 0 aliphatic carbocycles. The average Bonchev–Trinajstić information content (AvgIpc) is 2.52. The fraction of sp³-hybridized carbons (Fsp3) is 0.524. The summed E-state index contributed by atoms with van der Waals surface area (Å²) < 4.78 is 5.37. The molecule has 1 rings (SSSR count). The van der Waals surface area contributed by atoms with Crippen LogP contribution in [-0.4, -0.2) is 5.97 Å². The third kappa shape index (κ3) is 8.42. The lowest BCUT2D eigenvalue weighted by Gasteiger charge is -2.18. The van der Waals surface area contributed by atoms with Gasteiger partial charge < -0.3 is 4.74 Å². The fourth-order valence-corrected chi connectivity index (χ4v) is 2.38. The van der Waals surface area contributed by atoms with Crippen molar-refractivity contribution in [3.8, 4) is 0 Å². The van der Waals surface area contributed by atoms with Crippen LogP contribution in [0.15, 0.2) is 47.7 Å². The van der Waals surface area contributed by atoms with E-state index < -0.39 is 0 Å². The summed E-state index contributed by atoms with van der Waals surface area (Å²) in [7, 11) is 0. The highest BCUT2D eigenvalue weighted by molar-refractivity contribution is 5.70. The molecule has 1 aromatic carbocycles. The highest BCUT2D eigenvalue weighted by Gasteiger charge is 2.20. The van der Waals surface area contributed by atoms with Gasteiger partial charge >= 0.3 is 5.97 Å². The van der Waals surface area contributed by atoms with Gasteiger partial charge in [-0.3, -0.25) is 4.79 Å². The van der Waals surface area contributed by atoms with Crippen molar-refractivity contribution < 1.29 is 9.53 Å². The maximum absolute atomic E-state index is 12.1. The molecule has 0 bridgehead atoms. The third-order valence-electron chi connectivity index (χ3n) is 3.61. The first-order valence-corrected chi connectivity index (χ1v) is 8.62. The van der Waals surface area contributed by atoms with Crippen molar-refractivity contribution in [2.24, 2.45) is 5.41 Å². The Labute approximate surface area is 141 Å². The molecule has 2 heteroatoms. The number of carbonyl (C=O) groups is 1. The van der Waals surface area contributed by atoms with Crippen LogP contribution < -0.4 is 0 Å². The van der Waals surface area contributed by atoms with Gasteiger partial charge in [-0.2, -0.15) is 0 Å². The molecule has 0 heterocycles. The lowest BCUT2D eigenvalue weighted by Crippen LogP contribution is -2.16. The SMILES string of the molecule is CCCC(=C=CC(C)(C)CC(=O)OCc1ccccc1)CCC. The molecule has 0 saturated heterocycles. The van der Waals surface area contributed by atoms with E-state index >= 15 is 0 Å². The molecule has 0 spiro atoms. The van der Waals surface area contributed by atoms with E-state index in [9.17, 15) is 4.79 Å². The average molecular weight is 314 g/mol. The van der Waals surface area contributed by atoms with Crippen LogP contribution in [0.3, 0.4) is 0 Å². The maximum atomic E-state index is 12.1. The van der Waals surface area contributed by atoms with Gasteiger partial charge in [0.25, 0.3) is 0 Å². The minimum atomic E-state index is -0.236. The van der Waals surface area contributed by atoms with Crippen LogP contribution in [0.1, 0.15) is 65.4 Å². The smallest absolute Gasteiger partial charge is 0.307 e. The van der Waals surface area contributed by atoms with E-state index in [0.717, 1.165) is 31.2 Å². The first-order valence-electron chi connectivity index (χ1n) is 8.62. The van der Waals surface area contributed by atoms with E-state index in [0.29, 0.717) is 13.0 Å². The molecule has 0 N–H and O–H groups in total. The summed E-state index contributed by atoms with van der Waals surface area (Å²) >= 11 is 0. The molecule has 0 unspecified atom stereocenters. The molecular formula is C21H30O2. The van der Waals surface area contributed by atoms with E-state index in [2.05, 4.69) is 33.4 Å². The third-order valence-corrected chi connectivity index (χ3v) is 3.61. The monoisotopic (exact) mass is 314 g/mol. The Bertz CT molecular complexity index is 526. The Balaban J connectivity index is 2.58. The molecule has 0 amide bonds. The van der Waals surface area contributed by atoms with Gasteiger partial charge in [-0.25, -0.2) is 0 Å². The summed E-state index contributed by atoms with van der Waals surface area (Å²) in [6, 6.07) is 9.77. The first-order chi connectivity index (χ1) is 11.0. The molecule has 0 aromatic heterocycles. The number of esters is 1. The summed E-state index contributed by atoms with van der Waals surface area (Å²) in [5, 5.41) is 0. The van der Waals surface area contributed by atoms with Crippen LogP contribution in [-0.2, 0) is 16.1 Å². The van der Waals surface area contributed by atoms with Crippen molar-refractivity contribution in [2.75, 3.05) is 0 Å². The van der Waals surface area contributed by atoms with E-state index in [1.54, 1.807) is 0 Å². The highest BCUT2D eigenvalue weighted by atomic mass is 16.5. The van der Waals surface area contributed by atoms with Crippen molar-refractivity contribution in [3.05, 3.63) is 53.3 Å². The zero-order chi connectivity index (χ0) is 17.1. The summed E-state index contributed by atoms with van der Waals surface area (Å²) in [5.74, 6) is -0.163. The second kappa shape index (κ2) is 10.1. The van der Waals surface area contributed by atoms with Gasteiger partial charge in [0.05, 0.1) is 6.42 Å². The molecule has 23 heavy (non-hydrogen) atoms. The van der Waals surface area contributed by atoms with E-state index in [-0.39, 0.29) is 11.4 Å². The molecule has 0 aliphatic heterocycles. The topological polar surface area (TPSA) is 26.3 Å². The number of hydrogen-bond acceptors (Lipinski definition) is 2. The zero-order valence-electron chi connectivity index (χ0n) is 15.0. The van der Waals surface area contributed by atoms with Crippen molar-refractivity contribution in [3.63, 3.8) is 0 Å². The lowest BCUT2D eigenvalue weighted by molar-refractivity contribution is -0.146. The largest absolute Gasteiger partial charge is 0.461 e. The molecule has 2 nitrogen and oxygen atoms in total. The number of ether oxygens (including phenoxy) is 1. The molecule has 126 valence electrons. The van der Waals surface area contributed by atoms with Crippen LogP contribution in [0.5, 0.6) is 0 Å². The zero-order valence-corrected chi connectivity index (χ0v) is 15.0. The van der Waals surface area contributed by atoms with E-state index in [4.69, 9.17) is 4.74 Å². The normalized spacial score (nSPS) is 10.8. The molecule has 0 aliphatic rings. The van der Waals surface area contributed by atoms with Crippen molar-refractivity contribution in [1.29, 1.82) is 0 Å². The van der Waals surface area contributed by atoms with E-state index in [1.165, 1.54) is 5.57 Å². The Morgan fingerprint density at radius 2 is 1.74 bits per heavy atom. The van der Waals surface area contributed by atoms with Gasteiger partial charge in [0.15, 0.2) is 0 Å². The fourth-order valence-electron chi connectivity index (χ4n) is 2.38. The summed E-state index contributed by atoms with van der Waals surface area (Å²) in [6.07, 6.45) is 6.85. The summed E-state index contributed by atoms with van der Waals surface area (Å²) in [5.41, 5.74) is 5.55. The molecule has 1 aromatic rings. The Kier molecular flexibility index (Phi) is 8.43. The van der Waals surface area contributed by atoms with Gasteiger partial charge in [0.1, 0.15) is 6.61 Å². The van der Waals surface area contributed by atoms with Crippen molar-refractivity contribution >= 4 is 5.97 Å². The number of benzene rings is 1. The van der Waals surface area contributed by atoms with Crippen LogP contribution in [0.4, 0.5) is 0 Å². The number of carbonyl (C=O) groups excluding carboxylic acids is 1. The number of hydrogen-bond donors (Lipinski definition) is 0. The standard InChI is InChI=1S/C21H30O2/c1-5-10-18(11-6-2)14-15-21(3,4)16-20(22)23-17-19-12-8-7-9-13-19/h7-9,12-13,15H,5-6,10-11,16-17H2,1-4H3. The predicted molar refractivity (Wildman–Crippen MR) is 96.0 cm³/mol. The number of rotatable bonds is 9. The minimum absolute atomic E-state index is 0.163. The van der Waals surface area contributed by atoms with E-state index in [1.807, 2.05) is 36.4 Å². The van der Waals surface area contributed by atoms with Gasteiger partial charge in [0.2, 0.25) is 0 Å². The first kappa shape index (κ1) is 19.3. The molecule has 0 atom stereocenters. The molecule has 0 fully saturated rings. The number of allylic oxidation sites excluding steroid dienone is 1. The summed E-state index contributed by atoms with van der Waals surface area (Å²) in [4.78, 5) is 12.1. The van der Waals surface area contributed by atoms with Crippen LogP contribution in [0.25, 0.3) is 0 Å². The van der Waals surface area contributed by atoms with Crippen molar-refractivity contribution in [1.82, 2.24) is 0 Å². The van der Waals surface area contributed by atoms with Gasteiger partial charge in [-0.15, -0.1) is 5.73 Å².